The third-order valence-electron chi connectivity index (χ3n) is 1.45. The van der Waals surface area contributed by atoms with Crippen molar-refractivity contribution in [2.24, 2.45) is 0 Å². The van der Waals surface area contributed by atoms with Crippen molar-refractivity contribution in [1.29, 1.82) is 0 Å². The fourth-order valence-corrected chi connectivity index (χ4v) is 0.879. The molecule has 3 nitrogen and oxygen atoms in total. The van der Waals surface area contributed by atoms with E-state index in [0.29, 0.717) is 6.61 Å². The van der Waals surface area contributed by atoms with Crippen LogP contribution in [0, 0.1) is 6.07 Å². The number of aliphatic hydroxyl groups excluding tert-OH is 1. The summed E-state index contributed by atoms with van der Waals surface area (Å²) in [5.41, 5.74) is 1.11. The van der Waals surface area contributed by atoms with Crippen molar-refractivity contribution in [2.75, 3.05) is 13.3 Å². The van der Waals surface area contributed by atoms with E-state index in [1.165, 1.54) is 0 Å². The molecule has 0 aliphatic heterocycles. The summed E-state index contributed by atoms with van der Waals surface area (Å²) in [5.74, 6) is 0. The number of aliphatic hydroxyl groups is 1. The third-order valence-corrected chi connectivity index (χ3v) is 1.45. The van der Waals surface area contributed by atoms with Crippen LogP contribution in [-0.2, 0) is 11.3 Å². The zero-order valence-electron chi connectivity index (χ0n) is 7.31. The average molecular weight is 178 g/mol. The fraction of sp³-hybridized carbons (Fsp3) is 0.300. The molecule has 1 N–H and O–H groups in total. The highest BCUT2D eigenvalue weighted by molar-refractivity contribution is 5.13. The monoisotopic (exact) mass is 178 g/mol. The normalized spacial score (nSPS) is 9.00. The van der Waals surface area contributed by atoms with Crippen molar-refractivity contribution in [2.45, 2.75) is 6.61 Å². The van der Waals surface area contributed by atoms with E-state index in [1.54, 1.807) is 0 Å². The van der Waals surface area contributed by atoms with Crippen LogP contribution in [0.1, 0.15) is 5.56 Å². The van der Waals surface area contributed by atoms with Gasteiger partial charge < -0.3 is 9.84 Å². The molecule has 13 heavy (non-hydrogen) atoms. The van der Waals surface area contributed by atoms with Gasteiger partial charge in [0, 0.05) is 0 Å². The Morgan fingerprint density at radius 1 is 1.31 bits per heavy atom. The van der Waals surface area contributed by atoms with Crippen LogP contribution in [-0.4, -0.2) is 18.4 Å². The molecular weight excluding hydrogens is 166 g/mol. The molecule has 0 aliphatic carbocycles. The van der Waals surface area contributed by atoms with Gasteiger partial charge in [0.1, 0.15) is 0 Å². The molecule has 0 spiro atoms. The number of rotatable bonds is 3. The molecule has 0 saturated carbocycles. The lowest BCUT2D eigenvalue weighted by atomic mass is 10.2. The first-order valence-corrected chi connectivity index (χ1v) is 4.05. The highest BCUT2D eigenvalue weighted by atomic mass is 16.5. The maximum absolute atomic E-state index is 8.32. The zero-order valence-corrected chi connectivity index (χ0v) is 7.31. The predicted octanol–water partition coefficient (Wildman–Crippen LogP) is 1.49. The summed E-state index contributed by atoms with van der Waals surface area (Å²) in [6.07, 6.45) is 0. The van der Waals surface area contributed by atoms with Gasteiger partial charge in [-0.2, -0.15) is 0 Å². The van der Waals surface area contributed by atoms with Crippen molar-refractivity contribution in [3.63, 3.8) is 0 Å². The first-order valence-electron chi connectivity index (χ1n) is 4.05. The maximum Gasteiger partial charge on any atom is 0.368 e. The number of ether oxygens (including phenoxy) is 1. The van der Waals surface area contributed by atoms with Gasteiger partial charge in [-0.25, -0.2) is 0 Å². The first-order chi connectivity index (χ1) is 6.43. The van der Waals surface area contributed by atoms with Crippen LogP contribution in [0.15, 0.2) is 30.3 Å². The molecule has 1 aromatic rings. The number of hydrogen-bond donors (Lipinski definition) is 1. The Morgan fingerprint density at radius 3 is 2.77 bits per heavy atom. The quantitative estimate of drug-likeness (QED) is 0.562. The highest BCUT2D eigenvalue weighted by Crippen LogP contribution is 1.99. The molecule has 1 rings (SSSR count). The minimum absolute atomic E-state index is 0.158. The summed E-state index contributed by atoms with van der Waals surface area (Å²) in [4.78, 5) is 3.68. The van der Waals surface area contributed by atoms with Gasteiger partial charge in [0.15, 0.2) is 6.61 Å². The second-order valence-electron chi connectivity index (χ2n) is 2.44. The molecule has 0 saturated heterocycles. The van der Waals surface area contributed by atoms with E-state index in [-0.39, 0.29) is 13.3 Å². The van der Waals surface area contributed by atoms with E-state index in [0.717, 1.165) is 5.56 Å². The largest absolute Gasteiger partial charge is 0.377 e. The van der Waals surface area contributed by atoms with Crippen LogP contribution in [0.3, 0.4) is 0 Å². The van der Waals surface area contributed by atoms with Gasteiger partial charge in [-0.05, 0) is 10.4 Å². The Bertz CT molecular complexity index is 287. The van der Waals surface area contributed by atoms with Crippen LogP contribution in [0.25, 0.3) is 4.85 Å². The van der Waals surface area contributed by atoms with Gasteiger partial charge in [-0.15, -0.1) is 0 Å². The molecule has 0 aliphatic rings. The molecular formula is C10H12NO2+. The fourth-order valence-electron chi connectivity index (χ4n) is 0.879. The van der Waals surface area contributed by atoms with Gasteiger partial charge in [-0.3, -0.25) is 0 Å². The molecule has 0 aromatic heterocycles. The van der Waals surface area contributed by atoms with Crippen LogP contribution in [0.5, 0.6) is 0 Å². The van der Waals surface area contributed by atoms with Crippen LogP contribution < -0.4 is 0 Å². The molecule has 0 radical (unpaired) electrons. The van der Waals surface area contributed by atoms with Crippen LogP contribution in [0.4, 0.5) is 0 Å². The van der Waals surface area contributed by atoms with Crippen LogP contribution in [0.2, 0.25) is 0 Å². The van der Waals surface area contributed by atoms with E-state index in [4.69, 9.17) is 9.84 Å². The molecule has 0 heterocycles. The molecule has 68 valence electrons. The van der Waals surface area contributed by atoms with E-state index in [9.17, 15) is 0 Å². The molecule has 1 aromatic carbocycles. The van der Waals surface area contributed by atoms with Gasteiger partial charge in [0.2, 0.25) is 0 Å². The van der Waals surface area contributed by atoms with Crippen molar-refractivity contribution in [3.8, 4) is 6.07 Å². The molecule has 0 fully saturated rings. The van der Waals surface area contributed by atoms with Crippen LogP contribution >= 0.6 is 0 Å². The van der Waals surface area contributed by atoms with E-state index >= 15 is 0 Å². The summed E-state index contributed by atoms with van der Waals surface area (Å²) in [6, 6.07) is 12.2. The lowest BCUT2D eigenvalue weighted by Crippen LogP contribution is -1.90. The standard InChI is InChI=1S/C10H12NO2/c12-7-6-11-9-13-8-10-4-2-1-3-5-10/h1-5,12H,7-9H2/q+1. The topological polar surface area (TPSA) is 33.8 Å². The Morgan fingerprint density at radius 2 is 2.08 bits per heavy atom. The Labute approximate surface area is 77.4 Å². The van der Waals surface area contributed by atoms with Gasteiger partial charge in [0.25, 0.3) is 0 Å². The van der Waals surface area contributed by atoms with Crippen molar-refractivity contribution in [3.05, 3.63) is 40.7 Å². The number of nitrogens with zero attached hydrogens (tertiary/aromatic N) is 1. The van der Waals surface area contributed by atoms with Crippen molar-refractivity contribution < 1.29 is 9.84 Å². The van der Waals surface area contributed by atoms with Crippen molar-refractivity contribution in [1.82, 2.24) is 0 Å². The first kappa shape index (κ1) is 9.72. The van der Waals surface area contributed by atoms with E-state index in [2.05, 4.69) is 10.9 Å². The summed E-state index contributed by atoms with van der Waals surface area (Å²) < 4.78 is 5.18. The lowest BCUT2D eigenvalue weighted by Gasteiger charge is -1.95. The summed E-state index contributed by atoms with van der Waals surface area (Å²) >= 11 is 0. The van der Waals surface area contributed by atoms with E-state index < -0.39 is 0 Å². The maximum atomic E-state index is 8.32. The summed E-state index contributed by atoms with van der Waals surface area (Å²) in [7, 11) is 0. The van der Waals surface area contributed by atoms with E-state index in [1.807, 2.05) is 30.3 Å². The third kappa shape index (κ3) is 4.26. The summed E-state index contributed by atoms with van der Waals surface area (Å²) in [6.45, 7) is 0.627. The molecule has 0 atom stereocenters. The minimum atomic E-state index is -0.158. The molecule has 3 heteroatoms. The van der Waals surface area contributed by atoms with Crippen molar-refractivity contribution >= 4 is 0 Å². The summed E-state index contributed by atoms with van der Waals surface area (Å²) in [5, 5.41) is 8.32. The zero-order chi connectivity index (χ0) is 9.36. The Hall–Kier alpha value is -1.37. The molecule has 0 bridgehead atoms. The molecule has 0 amide bonds. The average Bonchev–Trinajstić information content (AvgIpc) is 2.19. The minimum Gasteiger partial charge on any atom is -0.377 e. The van der Waals surface area contributed by atoms with Gasteiger partial charge >= 0.3 is 12.8 Å². The Balaban J connectivity index is 2.20. The predicted molar refractivity (Wildman–Crippen MR) is 50.4 cm³/mol. The Kier molecular flexibility index (Phi) is 4.62. The molecule has 0 unspecified atom stereocenters. The van der Waals surface area contributed by atoms with Gasteiger partial charge in [-0.1, -0.05) is 30.3 Å². The van der Waals surface area contributed by atoms with Gasteiger partial charge in [0.05, 0.1) is 6.61 Å². The second-order valence-corrected chi connectivity index (χ2v) is 2.44. The lowest BCUT2D eigenvalue weighted by molar-refractivity contribution is 0.147. The highest BCUT2D eigenvalue weighted by Gasteiger charge is 1.93. The smallest absolute Gasteiger partial charge is 0.368 e. The number of hydrogen-bond acceptors (Lipinski definition) is 2. The number of benzene rings is 1. The second kappa shape index (κ2) is 6.18. The SMILES string of the molecule is OCC#[N+]COCc1ccccc1.